The molecule has 1 atom stereocenters. The van der Waals surface area contributed by atoms with Gasteiger partial charge in [0.1, 0.15) is 0 Å². The molecule has 0 saturated carbocycles. The van der Waals surface area contributed by atoms with Gasteiger partial charge in [0.25, 0.3) is 0 Å². The van der Waals surface area contributed by atoms with Crippen LogP contribution in [0.15, 0.2) is 18.2 Å². The molecule has 0 fully saturated rings. The quantitative estimate of drug-likeness (QED) is 0.924. The van der Waals surface area contributed by atoms with Crippen LogP contribution in [-0.4, -0.2) is 13.7 Å². The van der Waals surface area contributed by atoms with E-state index in [9.17, 15) is 8.42 Å². The third-order valence-electron chi connectivity index (χ3n) is 1.83. The molecule has 4 nitrogen and oxygen atoms in total. The monoisotopic (exact) mass is 278 g/mol. The maximum Gasteiger partial charge on any atom is 0.248 e. The first-order chi connectivity index (χ1) is 7.36. The number of benzene rings is 1. The van der Waals surface area contributed by atoms with Crippen molar-refractivity contribution >= 4 is 38.9 Å². The van der Waals surface area contributed by atoms with Gasteiger partial charge in [-0.2, -0.15) is 5.26 Å². The lowest BCUT2D eigenvalue weighted by molar-refractivity contribution is 0.597. The summed E-state index contributed by atoms with van der Waals surface area (Å²) < 4.78 is 25.3. The molecule has 0 aliphatic carbocycles. The molecule has 0 spiro atoms. The van der Waals surface area contributed by atoms with Gasteiger partial charge in [-0.15, -0.1) is 0 Å². The topological polar surface area (TPSA) is 70.0 Å². The fourth-order valence-electron chi connectivity index (χ4n) is 0.882. The summed E-state index contributed by atoms with van der Waals surface area (Å²) in [6, 6.07) is 5.96. The minimum Gasteiger partial charge on any atom is -0.282 e. The van der Waals surface area contributed by atoms with Gasteiger partial charge in [-0.25, -0.2) is 8.42 Å². The van der Waals surface area contributed by atoms with Gasteiger partial charge in [0, 0.05) is 0 Å². The number of nitriles is 1. The predicted molar refractivity (Wildman–Crippen MR) is 64.1 cm³/mol. The van der Waals surface area contributed by atoms with Gasteiger partial charge in [0.15, 0.2) is 5.25 Å². The van der Waals surface area contributed by atoms with E-state index in [-0.39, 0.29) is 10.7 Å². The third kappa shape index (κ3) is 3.01. The lowest BCUT2D eigenvalue weighted by Crippen LogP contribution is -2.23. The van der Waals surface area contributed by atoms with Gasteiger partial charge in [0.05, 0.1) is 21.8 Å². The van der Waals surface area contributed by atoms with Crippen molar-refractivity contribution in [1.82, 2.24) is 0 Å². The second kappa shape index (κ2) is 4.91. The van der Waals surface area contributed by atoms with Gasteiger partial charge in [-0.05, 0) is 25.1 Å². The molecule has 0 saturated heterocycles. The van der Waals surface area contributed by atoms with E-state index < -0.39 is 15.3 Å². The minimum atomic E-state index is -3.71. The summed E-state index contributed by atoms with van der Waals surface area (Å²) in [6.07, 6.45) is 0. The van der Waals surface area contributed by atoms with Crippen LogP contribution in [0.4, 0.5) is 5.69 Å². The number of sulfonamides is 1. The second-order valence-corrected chi connectivity index (χ2v) is 5.86. The maximum atomic E-state index is 11.5. The number of rotatable bonds is 3. The first kappa shape index (κ1) is 13.1. The average molecular weight is 279 g/mol. The van der Waals surface area contributed by atoms with E-state index in [1.54, 1.807) is 6.07 Å². The summed E-state index contributed by atoms with van der Waals surface area (Å²) >= 11 is 11.4. The van der Waals surface area contributed by atoms with E-state index >= 15 is 0 Å². The standard InChI is InChI=1S/C9H8Cl2N2O2S/c1-6(5-12)16(14,15)13-7-2-3-8(10)9(11)4-7/h2-4,6,13H,1H3. The Bertz CT molecular complexity index is 537. The van der Waals surface area contributed by atoms with Crippen LogP contribution in [0.25, 0.3) is 0 Å². The van der Waals surface area contributed by atoms with Crippen molar-refractivity contribution in [3.63, 3.8) is 0 Å². The Hall–Kier alpha value is -0.960. The van der Waals surface area contributed by atoms with Crippen LogP contribution in [0.5, 0.6) is 0 Å². The number of anilines is 1. The highest BCUT2D eigenvalue weighted by atomic mass is 35.5. The first-order valence-corrected chi connectivity index (χ1v) is 6.53. The Kier molecular flexibility index (Phi) is 4.03. The van der Waals surface area contributed by atoms with Gasteiger partial charge in [-0.1, -0.05) is 23.2 Å². The van der Waals surface area contributed by atoms with Crippen molar-refractivity contribution in [2.24, 2.45) is 0 Å². The summed E-state index contributed by atoms with van der Waals surface area (Å²) in [4.78, 5) is 0. The lowest BCUT2D eigenvalue weighted by Gasteiger charge is -2.09. The number of nitrogens with one attached hydrogen (secondary N) is 1. The average Bonchev–Trinajstić information content (AvgIpc) is 2.22. The molecular weight excluding hydrogens is 271 g/mol. The van der Waals surface area contributed by atoms with Gasteiger partial charge in [0.2, 0.25) is 10.0 Å². The summed E-state index contributed by atoms with van der Waals surface area (Å²) in [5.74, 6) is 0. The molecule has 1 aromatic carbocycles. The number of halogens is 2. The van der Waals surface area contributed by atoms with E-state index in [4.69, 9.17) is 28.5 Å². The molecule has 0 heterocycles. The molecule has 1 unspecified atom stereocenters. The summed E-state index contributed by atoms with van der Waals surface area (Å²) in [6.45, 7) is 1.29. The van der Waals surface area contributed by atoms with Crippen molar-refractivity contribution in [2.75, 3.05) is 4.72 Å². The van der Waals surface area contributed by atoms with E-state index in [1.165, 1.54) is 25.1 Å². The van der Waals surface area contributed by atoms with Gasteiger partial charge in [-0.3, -0.25) is 4.72 Å². The zero-order valence-electron chi connectivity index (χ0n) is 8.24. The minimum absolute atomic E-state index is 0.242. The normalized spacial score (nSPS) is 12.9. The molecule has 86 valence electrons. The van der Waals surface area contributed by atoms with Crippen LogP contribution >= 0.6 is 23.2 Å². The van der Waals surface area contributed by atoms with Crippen LogP contribution in [0.2, 0.25) is 10.0 Å². The fourth-order valence-corrected chi connectivity index (χ4v) is 1.95. The lowest BCUT2D eigenvalue weighted by atomic mass is 10.3. The SMILES string of the molecule is CC(C#N)S(=O)(=O)Nc1ccc(Cl)c(Cl)c1. The molecule has 0 aromatic heterocycles. The molecule has 0 aliphatic rings. The summed E-state index contributed by atoms with van der Waals surface area (Å²) in [5.41, 5.74) is 0.275. The van der Waals surface area contributed by atoms with E-state index in [2.05, 4.69) is 4.72 Å². The Morgan fingerprint density at radius 1 is 1.38 bits per heavy atom. The second-order valence-electron chi connectivity index (χ2n) is 3.05. The summed E-state index contributed by atoms with van der Waals surface area (Å²) in [7, 11) is -3.71. The predicted octanol–water partition coefficient (Wildman–Crippen LogP) is 2.65. The Morgan fingerprint density at radius 2 is 2.00 bits per heavy atom. The van der Waals surface area contributed by atoms with Crippen LogP contribution in [-0.2, 0) is 10.0 Å². The molecule has 0 aliphatic heterocycles. The Morgan fingerprint density at radius 3 is 2.50 bits per heavy atom. The van der Waals surface area contributed by atoms with Crippen LogP contribution in [0.3, 0.4) is 0 Å². The molecule has 0 amide bonds. The van der Waals surface area contributed by atoms with Crippen LogP contribution in [0.1, 0.15) is 6.92 Å². The smallest absolute Gasteiger partial charge is 0.248 e. The van der Waals surface area contributed by atoms with Crippen molar-refractivity contribution in [1.29, 1.82) is 5.26 Å². The molecule has 1 aromatic rings. The molecular formula is C9H8Cl2N2O2S. The zero-order valence-corrected chi connectivity index (χ0v) is 10.6. The van der Waals surface area contributed by atoms with Crippen molar-refractivity contribution in [3.8, 4) is 6.07 Å². The molecule has 1 rings (SSSR count). The molecule has 7 heteroatoms. The van der Waals surface area contributed by atoms with Crippen LogP contribution < -0.4 is 4.72 Å². The Balaban J connectivity index is 2.98. The van der Waals surface area contributed by atoms with Crippen molar-refractivity contribution < 1.29 is 8.42 Å². The van der Waals surface area contributed by atoms with Crippen LogP contribution in [0, 0.1) is 11.3 Å². The highest BCUT2D eigenvalue weighted by molar-refractivity contribution is 7.93. The third-order valence-corrected chi connectivity index (χ3v) is 4.12. The molecule has 1 N–H and O–H groups in total. The highest BCUT2D eigenvalue weighted by Crippen LogP contribution is 2.25. The van der Waals surface area contributed by atoms with E-state index in [0.29, 0.717) is 5.02 Å². The van der Waals surface area contributed by atoms with Crippen molar-refractivity contribution in [2.45, 2.75) is 12.2 Å². The number of nitrogens with zero attached hydrogens (tertiary/aromatic N) is 1. The molecule has 0 bridgehead atoms. The maximum absolute atomic E-state index is 11.5. The molecule has 0 radical (unpaired) electrons. The summed E-state index contributed by atoms with van der Waals surface area (Å²) in [5, 5.41) is 7.97. The van der Waals surface area contributed by atoms with E-state index in [1.807, 2.05) is 0 Å². The van der Waals surface area contributed by atoms with Crippen molar-refractivity contribution in [3.05, 3.63) is 28.2 Å². The fraction of sp³-hybridized carbons (Fsp3) is 0.222. The van der Waals surface area contributed by atoms with Gasteiger partial charge >= 0.3 is 0 Å². The largest absolute Gasteiger partial charge is 0.282 e. The van der Waals surface area contributed by atoms with Gasteiger partial charge < -0.3 is 0 Å². The first-order valence-electron chi connectivity index (χ1n) is 4.23. The number of hydrogen-bond donors (Lipinski definition) is 1. The Labute approximate surface area is 104 Å². The number of hydrogen-bond acceptors (Lipinski definition) is 3. The highest BCUT2D eigenvalue weighted by Gasteiger charge is 2.20. The van der Waals surface area contributed by atoms with E-state index in [0.717, 1.165) is 0 Å². The zero-order chi connectivity index (χ0) is 12.3. The molecule has 16 heavy (non-hydrogen) atoms.